The lowest BCUT2D eigenvalue weighted by atomic mass is 9.80. The van der Waals surface area contributed by atoms with E-state index in [9.17, 15) is 0 Å². The van der Waals surface area contributed by atoms with E-state index in [1.165, 1.54) is 0 Å². The number of pyridine rings is 1. The van der Waals surface area contributed by atoms with Gasteiger partial charge in [0.25, 0.3) is 0 Å². The Morgan fingerprint density at radius 1 is 1.42 bits per heavy atom. The van der Waals surface area contributed by atoms with E-state index in [4.69, 9.17) is 22.2 Å². The van der Waals surface area contributed by atoms with Crippen LogP contribution in [0.3, 0.4) is 0 Å². The molecule has 1 fully saturated rings. The van der Waals surface area contributed by atoms with Crippen molar-refractivity contribution < 1.29 is 4.74 Å². The molecule has 4 nitrogen and oxygen atoms in total. The Morgan fingerprint density at radius 2 is 2.11 bits per heavy atom. The molecule has 3 N–H and O–H groups in total. The molecule has 2 rings (SSSR count). The highest BCUT2D eigenvalue weighted by atomic mass is 35.5. The van der Waals surface area contributed by atoms with Crippen LogP contribution >= 0.6 is 11.6 Å². The number of halogens is 1. The third-order valence-electron chi connectivity index (χ3n) is 3.79. The highest BCUT2D eigenvalue weighted by molar-refractivity contribution is 6.30. The van der Waals surface area contributed by atoms with Crippen LogP contribution in [-0.4, -0.2) is 16.2 Å². The second-order valence-corrected chi connectivity index (χ2v) is 6.76. The van der Waals surface area contributed by atoms with Gasteiger partial charge in [-0.2, -0.15) is 0 Å². The first kappa shape index (κ1) is 14.7. The standard InChI is InChI=1S/C14H22ClN3O/c1-13(2)7-10(14(3,4)19-13)12(18-16)11-6-5-9(15)8-17-11/h5-6,8,10,12,18H,7,16H2,1-4H3. The minimum atomic E-state index is -0.248. The van der Waals surface area contributed by atoms with Crippen LogP contribution in [0, 0.1) is 5.92 Å². The van der Waals surface area contributed by atoms with E-state index in [1.807, 2.05) is 12.1 Å². The lowest BCUT2D eigenvalue weighted by Crippen LogP contribution is -2.41. The Bertz CT molecular complexity index is 445. The average molecular weight is 284 g/mol. The number of hydrogen-bond donors (Lipinski definition) is 2. The first-order chi connectivity index (χ1) is 8.75. The van der Waals surface area contributed by atoms with Crippen molar-refractivity contribution in [2.75, 3.05) is 0 Å². The first-order valence-corrected chi connectivity index (χ1v) is 6.91. The number of hydrogen-bond acceptors (Lipinski definition) is 4. The van der Waals surface area contributed by atoms with Gasteiger partial charge in [-0.1, -0.05) is 11.6 Å². The molecular weight excluding hydrogens is 262 g/mol. The minimum Gasteiger partial charge on any atom is -0.369 e. The van der Waals surface area contributed by atoms with Crippen LogP contribution in [0.1, 0.15) is 45.9 Å². The largest absolute Gasteiger partial charge is 0.369 e. The van der Waals surface area contributed by atoms with Crippen molar-refractivity contribution in [1.29, 1.82) is 0 Å². The Hall–Kier alpha value is -0.680. The highest BCUT2D eigenvalue weighted by Crippen LogP contribution is 2.47. The molecule has 0 saturated carbocycles. The number of nitrogens with two attached hydrogens (primary N) is 1. The summed E-state index contributed by atoms with van der Waals surface area (Å²) in [5.41, 5.74) is 3.39. The second kappa shape index (κ2) is 5.02. The molecule has 19 heavy (non-hydrogen) atoms. The van der Waals surface area contributed by atoms with Crippen molar-refractivity contribution in [2.24, 2.45) is 11.8 Å². The summed E-state index contributed by atoms with van der Waals surface area (Å²) < 4.78 is 6.13. The molecule has 106 valence electrons. The van der Waals surface area contributed by atoms with Gasteiger partial charge in [0.15, 0.2) is 0 Å². The van der Waals surface area contributed by atoms with Crippen LogP contribution in [-0.2, 0) is 4.74 Å². The number of hydrazine groups is 1. The first-order valence-electron chi connectivity index (χ1n) is 6.53. The van der Waals surface area contributed by atoms with Crippen LogP contribution in [0.25, 0.3) is 0 Å². The fraction of sp³-hybridized carbons (Fsp3) is 0.643. The van der Waals surface area contributed by atoms with E-state index in [0.29, 0.717) is 5.02 Å². The molecule has 0 bridgehead atoms. The molecule has 0 amide bonds. The summed E-state index contributed by atoms with van der Waals surface area (Å²) in [6.45, 7) is 8.43. The molecule has 1 saturated heterocycles. The third kappa shape index (κ3) is 3.08. The highest BCUT2D eigenvalue weighted by Gasteiger charge is 2.49. The topological polar surface area (TPSA) is 60.2 Å². The van der Waals surface area contributed by atoms with Gasteiger partial charge in [0.2, 0.25) is 0 Å². The molecular formula is C14H22ClN3O. The molecule has 2 heterocycles. The van der Waals surface area contributed by atoms with Crippen LogP contribution in [0.2, 0.25) is 5.02 Å². The van der Waals surface area contributed by atoms with Crippen molar-refractivity contribution >= 4 is 11.6 Å². The van der Waals surface area contributed by atoms with Crippen molar-refractivity contribution in [3.8, 4) is 0 Å². The maximum absolute atomic E-state index is 6.13. The molecule has 5 heteroatoms. The quantitative estimate of drug-likeness (QED) is 0.661. The molecule has 1 aromatic heterocycles. The molecule has 2 atom stereocenters. The Kier molecular flexibility index (Phi) is 3.89. The number of nitrogens with zero attached hydrogens (tertiary/aromatic N) is 1. The maximum Gasteiger partial charge on any atom is 0.0688 e. The summed E-state index contributed by atoms with van der Waals surface area (Å²) in [6.07, 6.45) is 2.58. The van der Waals surface area contributed by atoms with Crippen molar-refractivity contribution in [1.82, 2.24) is 10.4 Å². The molecule has 0 aliphatic carbocycles. The van der Waals surface area contributed by atoms with Gasteiger partial charge in [-0.15, -0.1) is 0 Å². The Balaban J connectivity index is 2.29. The molecule has 1 aliphatic heterocycles. The SMILES string of the molecule is CC1(C)CC(C(NN)c2ccc(Cl)cn2)C(C)(C)O1. The van der Waals surface area contributed by atoms with Gasteiger partial charge >= 0.3 is 0 Å². The van der Waals surface area contributed by atoms with Gasteiger partial charge in [0, 0.05) is 12.1 Å². The lowest BCUT2D eigenvalue weighted by molar-refractivity contribution is -0.0780. The molecule has 0 spiro atoms. The van der Waals surface area contributed by atoms with E-state index in [0.717, 1.165) is 12.1 Å². The Labute approximate surface area is 119 Å². The summed E-state index contributed by atoms with van der Waals surface area (Å²) in [7, 11) is 0. The summed E-state index contributed by atoms with van der Waals surface area (Å²) in [5, 5.41) is 0.627. The monoisotopic (exact) mass is 283 g/mol. The van der Waals surface area contributed by atoms with Crippen molar-refractivity contribution in [2.45, 2.75) is 51.4 Å². The summed E-state index contributed by atoms with van der Waals surface area (Å²) >= 11 is 5.88. The zero-order valence-corrected chi connectivity index (χ0v) is 12.7. The van der Waals surface area contributed by atoms with Gasteiger partial charge < -0.3 is 4.74 Å². The normalized spacial score (nSPS) is 26.3. The number of rotatable bonds is 3. The molecule has 2 unspecified atom stereocenters. The van der Waals surface area contributed by atoms with Gasteiger partial charge in [0.05, 0.1) is 28.0 Å². The lowest BCUT2D eigenvalue weighted by Gasteiger charge is -2.32. The van der Waals surface area contributed by atoms with Crippen LogP contribution in [0.15, 0.2) is 18.3 Å². The molecule has 0 radical (unpaired) electrons. The van der Waals surface area contributed by atoms with Crippen molar-refractivity contribution in [3.63, 3.8) is 0 Å². The maximum atomic E-state index is 6.13. The molecule has 0 aromatic carbocycles. The number of nitrogens with one attached hydrogen (secondary N) is 1. The predicted octanol–water partition coefficient (Wildman–Crippen LogP) is 2.83. The smallest absolute Gasteiger partial charge is 0.0688 e. The zero-order valence-electron chi connectivity index (χ0n) is 11.9. The fourth-order valence-electron chi connectivity index (χ4n) is 3.10. The van der Waals surface area contributed by atoms with Crippen molar-refractivity contribution in [3.05, 3.63) is 29.0 Å². The van der Waals surface area contributed by atoms with Gasteiger partial charge in [-0.25, -0.2) is 0 Å². The molecule has 1 aromatic rings. The fourth-order valence-corrected chi connectivity index (χ4v) is 3.21. The Morgan fingerprint density at radius 3 is 2.53 bits per heavy atom. The summed E-state index contributed by atoms with van der Waals surface area (Å²) in [4.78, 5) is 4.38. The van der Waals surface area contributed by atoms with E-state index in [2.05, 4.69) is 38.1 Å². The van der Waals surface area contributed by atoms with Gasteiger partial charge in [-0.3, -0.25) is 16.3 Å². The van der Waals surface area contributed by atoms with Gasteiger partial charge in [-0.05, 0) is 46.2 Å². The minimum absolute atomic E-state index is 0.0472. The van der Waals surface area contributed by atoms with Crippen LogP contribution in [0.5, 0.6) is 0 Å². The summed E-state index contributed by atoms with van der Waals surface area (Å²) in [5.74, 6) is 6.00. The van der Waals surface area contributed by atoms with Gasteiger partial charge in [0.1, 0.15) is 0 Å². The van der Waals surface area contributed by atoms with Crippen LogP contribution < -0.4 is 11.3 Å². The van der Waals surface area contributed by atoms with E-state index < -0.39 is 0 Å². The zero-order chi connectivity index (χ0) is 14.3. The van der Waals surface area contributed by atoms with Crippen LogP contribution in [0.4, 0.5) is 0 Å². The van der Waals surface area contributed by atoms with E-state index in [1.54, 1.807) is 6.20 Å². The summed E-state index contributed by atoms with van der Waals surface area (Å²) in [6, 6.07) is 3.70. The molecule has 1 aliphatic rings. The number of ether oxygens (including phenoxy) is 1. The second-order valence-electron chi connectivity index (χ2n) is 6.32. The number of aromatic nitrogens is 1. The average Bonchev–Trinajstić information content (AvgIpc) is 2.51. The predicted molar refractivity (Wildman–Crippen MR) is 76.7 cm³/mol. The third-order valence-corrected chi connectivity index (χ3v) is 4.02. The van der Waals surface area contributed by atoms with E-state index in [-0.39, 0.29) is 23.2 Å². The van der Waals surface area contributed by atoms with E-state index >= 15 is 0 Å².